The second-order valence-corrected chi connectivity index (χ2v) is 3.74. The first kappa shape index (κ1) is 9.85. The molecule has 0 atom stereocenters. The molecule has 0 heterocycles. The summed E-state index contributed by atoms with van der Waals surface area (Å²) in [4.78, 5) is 11.8. The topological polar surface area (TPSA) is 26.3 Å². The molecule has 12 heavy (non-hydrogen) atoms. The van der Waals surface area contributed by atoms with Gasteiger partial charge in [-0.1, -0.05) is 6.07 Å². The standard InChI is InChI=1S/C8H7IO2S/c1-11-8(10)5-3-2-4-6(9)7(5)12/h2-4,12H,1H3. The second-order valence-electron chi connectivity index (χ2n) is 2.13. The molecule has 0 saturated heterocycles. The van der Waals surface area contributed by atoms with Crippen molar-refractivity contribution in [3.63, 3.8) is 0 Å². The first-order valence-electron chi connectivity index (χ1n) is 3.22. The third-order valence-corrected chi connectivity index (χ3v) is 3.20. The fourth-order valence-electron chi connectivity index (χ4n) is 0.790. The van der Waals surface area contributed by atoms with E-state index in [4.69, 9.17) is 0 Å². The van der Waals surface area contributed by atoms with Crippen LogP contribution in [0.2, 0.25) is 0 Å². The van der Waals surface area contributed by atoms with Crippen LogP contribution < -0.4 is 0 Å². The molecule has 0 radical (unpaired) electrons. The first-order chi connectivity index (χ1) is 5.66. The molecule has 0 bridgehead atoms. The Balaban J connectivity index is 3.16. The van der Waals surface area contributed by atoms with Crippen molar-refractivity contribution < 1.29 is 9.53 Å². The van der Waals surface area contributed by atoms with E-state index in [1.807, 2.05) is 6.07 Å². The van der Waals surface area contributed by atoms with E-state index in [2.05, 4.69) is 40.0 Å². The molecule has 0 saturated carbocycles. The zero-order valence-electron chi connectivity index (χ0n) is 6.37. The smallest absolute Gasteiger partial charge is 0.339 e. The Morgan fingerprint density at radius 1 is 1.58 bits per heavy atom. The maximum Gasteiger partial charge on any atom is 0.339 e. The van der Waals surface area contributed by atoms with E-state index in [9.17, 15) is 4.79 Å². The molecule has 1 rings (SSSR count). The maximum atomic E-state index is 11.1. The van der Waals surface area contributed by atoms with Gasteiger partial charge in [0, 0.05) is 8.47 Å². The number of methoxy groups -OCH3 is 1. The van der Waals surface area contributed by atoms with Gasteiger partial charge < -0.3 is 4.74 Å². The summed E-state index contributed by atoms with van der Waals surface area (Å²) in [6.45, 7) is 0. The lowest BCUT2D eigenvalue weighted by Crippen LogP contribution is -2.02. The third kappa shape index (κ3) is 1.92. The normalized spacial score (nSPS) is 9.58. The van der Waals surface area contributed by atoms with Crippen LogP contribution >= 0.6 is 35.2 Å². The number of hydrogen-bond donors (Lipinski definition) is 1. The van der Waals surface area contributed by atoms with E-state index in [0.717, 1.165) is 3.57 Å². The maximum absolute atomic E-state index is 11.1. The van der Waals surface area contributed by atoms with E-state index in [0.29, 0.717) is 10.5 Å². The Bertz CT molecular complexity index is 312. The number of carbonyl (C=O) groups excluding carboxylic acids is 1. The number of thiol groups is 1. The predicted octanol–water partition coefficient (Wildman–Crippen LogP) is 2.37. The van der Waals surface area contributed by atoms with Gasteiger partial charge in [-0.3, -0.25) is 0 Å². The number of halogens is 1. The van der Waals surface area contributed by atoms with Crippen LogP contribution in [0.1, 0.15) is 10.4 Å². The fraction of sp³-hybridized carbons (Fsp3) is 0.125. The van der Waals surface area contributed by atoms with Crippen molar-refractivity contribution in [1.29, 1.82) is 0 Å². The summed E-state index contributed by atoms with van der Waals surface area (Å²) < 4.78 is 5.52. The molecule has 0 aromatic heterocycles. The SMILES string of the molecule is COC(=O)c1cccc(I)c1S. The molecular weight excluding hydrogens is 287 g/mol. The van der Waals surface area contributed by atoms with Gasteiger partial charge in [0.15, 0.2) is 0 Å². The Labute approximate surface area is 89.9 Å². The van der Waals surface area contributed by atoms with Gasteiger partial charge in [0.1, 0.15) is 0 Å². The molecule has 1 aromatic rings. The van der Waals surface area contributed by atoms with Gasteiger partial charge in [-0.25, -0.2) is 4.79 Å². The van der Waals surface area contributed by atoms with Crippen molar-refractivity contribution in [3.8, 4) is 0 Å². The average Bonchev–Trinajstić information content (AvgIpc) is 2.08. The van der Waals surface area contributed by atoms with Crippen LogP contribution in [0.15, 0.2) is 23.1 Å². The zero-order chi connectivity index (χ0) is 9.14. The third-order valence-electron chi connectivity index (χ3n) is 1.39. The number of benzene rings is 1. The molecule has 0 spiro atoms. The fourth-order valence-corrected chi connectivity index (χ4v) is 1.53. The quantitative estimate of drug-likeness (QED) is 0.489. The zero-order valence-corrected chi connectivity index (χ0v) is 9.43. The minimum Gasteiger partial charge on any atom is -0.465 e. The molecule has 0 aliphatic carbocycles. The van der Waals surface area contributed by atoms with Gasteiger partial charge in [-0.05, 0) is 34.7 Å². The van der Waals surface area contributed by atoms with Crippen molar-refractivity contribution in [2.75, 3.05) is 7.11 Å². The molecule has 0 unspecified atom stereocenters. The van der Waals surface area contributed by atoms with Crippen LogP contribution in [0.5, 0.6) is 0 Å². The highest BCUT2D eigenvalue weighted by molar-refractivity contribution is 14.1. The average molecular weight is 294 g/mol. The molecule has 0 N–H and O–H groups in total. The number of hydrogen-bond acceptors (Lipinski definition) is 3. The second kappa shape index (κ2) is 4.13. The molecular formula is C8H7IO2S. The summed E-state index contributed by atoms with van der Waals surface area (Å²) in [7, 11) is 1.36. The molecule has 64 valence electrons. The number of carbonyl (C=O) groups is 1. The van der Waals surface area contributed by atoms with Crippen LogP contribution in [-0.2, 0) is 4.74 Å². The van der Waals surface area contributed by atoms with Crippen LogP contribution in [0, 0.1) is 3.57 Å². The summed E-state index contributed by atoms with van der Waals surface area (Å²) >= 11 is 6.31. The first-order valence-corrected chi connectivity index (χ1v) is 4.75. The molecule has 4 heteroatoms. The lowest BCUT2D eigenvalue weighted by atomic mass is 10.2. The number of esters is 1. The van der Waals surface area contributed by atoms with Gasteiger partial charge >= 0.3 is 5.97 Å². The van der Waals surface area contributed by atoms with Gasteiger partial charge in [0.05, 0.1) is 12.7 Å². The largest absolute Gasteiger partial charge is 0.465 e. The van der Waals surface area contributed by atoms with Gasteiger partial charge in [-0.15, -0.1) is 12.6 Å². The van der Waals surface area contributed by atoms with Crippen molar-refractivity contribution in [2.45, 2.75) is 4.90 Å². The summed E-state index contributed by atoms with van der Waals surface area (Å²) in [5.41, 5.74) is 0.507. The lowest BCUT2D eigenvalue weighted by Gasteiger charge is -2.03. The van der Waals surface area contributed by atoms with Gasteiger partial charge in [-0.2, -0.15) is 0 Å². The van der Waals surface area contributed by atoms with Crippen molar-refractivity contribution in [2.24, 2.45) is 0 Å². The van der Waals surface area contributed by atoms with Gasteiger partial charge in [0.25, 0.3) is 0 Å². The summed E-state index contributed by atoms with van der Waals surface area (Å²) in [5, 5.41) is 0. The molecule has 0 aliphatic heterocycles. The molecule has 1 aromatic carbocycles. The summed E-state index contributed by atoms with van der Waals surface area (Å²) in [6, 6.07) is 5.37. The molecule has 0 amide bonds. The van der Waals surface area contributed by atoms with Crippen LogP contribution in [0.4, 0.5) is 0 Å². The monoisotopic (exact) mass is 294 g/mol. The van der Waals surface area contributed by atoms with Crippen molar-refractivity contribution in [1.82, 2.24) is 0 Å². The van der Waals surface area contributed by atoms with E-state index in [1.54, 1.807) is 12.1 Å². The lowest BCUT2D eigenvalue weighted by molar-refractivity contribution is 0.0596. The minimum absolute atomic E-state index is 0.349. The highest BCUT2D eigenvalue weighted by Crippen LogP contribution is 2.21. The number of ether oxygens (including phenoxy) is 1. The Morgan fingerprint density at radius 2 is 2.25 bits per heavy atom. The summed E-state index contributed by atoms with van der Waals surface area (Å²) in [6.07, 6.45) is 0. The van der Waals surface area contributed by atoms with E-state index >= 15 is 0 Å². The summed E-state index contributed by atoms with van der Waals surface area (Å²) in [5.74, 6) is -0.349. The highest BCUT2D eigenvalue weighted by atomic mass is 127. The van der Waals surface area contributed by atoms with Crippen molar-refractivity contribution in [3.05, 3.63) is 27.3 Å². The van der Waals surface area contributed by atoms with Gasteiger partial charge in [0.2, 0.25) is 0 Å². The number of rotatable bonds is 1. The highest BCUT2D eigenvalue weighted by Gasteiger charge is 2.10. The molecule has 0 fully saturated rings. The van der Waals surface area contributed by atoms with E-state index in [-0.39, 0.29) is 5.97 Å². The Hall–Kier alpha value is -0.230. The van der Waals surface area contributed by atoms with Crippen LogP contribution in [-0.4, -0.2) is 13.1 Å². The van der Waals surface area contributed by atoms with E-state index in [1.165, 1.54) is 7.11 Å². The van der Waals surface area contributed by atoms with Crippen molar-refractivity contribution >= 4 is 41.2 Å². The Kier molecular flexibility index (Phi) is 3.39. The molecule has 0 aliphatic rings. The van der Waals surface area contributed by atoms with Crippen LogP contribution in [0.3, 0.4) is 0 Å². The molecule has 2 nitrogen and oxygen atoms in total. The Morgan fingerprint density at radius 3 is 2.83 bits per heavy atom. The van der Waals surface area contributed by atoms with E-state index < -0.39 is 0 Å². The predicted molar refractivity (Wildman–Crippen MR) is 57.8 cm³/mol. The van der Waals surface area contributed by atoms with Crippen LogP contribution in [0.25, 0.3) is 0 Å². The minimum atomic E-state index is -0.349.